The highest BCUT2D eigenvalue weighted by molar-refractivity contribution is 9.10. The SMILES string of the molecule is Cc1cnn(CC(O)c2ccccc2Br)c1. The maximum Gasteiger partial charge on any atom is 0.0996 e. The van der Waals surface area contributed by atoms with Crippen LogP contribution in [0.15, 0.2) is 41.1 Å². The third-order valence-electron chi connectivity index (χ3n) is 2.39. The highest BCUT2D eigenvalue weighted by atomic mass is 79.9. The summed E-state index contributed by atoms with van der Waals surface area (Å²) < 4.78 is 2.67. The predicted octanol–water partition coefficient (Wildman–Crippen LogP) is 2.69. The molecule has 3 nitrogen and oxygen atoms in total. The molecule has 1 atom stereocenters. The number of halogens is 1. The molecule has 0 spiro atoms. The Labute approximate surface area is 103 Å². The monoisotopic (exact) mass is 280 g/mol. The molecule has 16 heavy (non-hydrogen) atoms. The van der Waals surface area contributed by atoms with Gasteiger partial charge in [-0.1, -0.05) is 34.1 Å². The summed E-state index contributed by atoms with van der Waals surface area (Å²) in [6.07, 6.45) is 3.15. The minimum Gasteiger partial charge on any atom is -0.386 e. The maximum absolute atomic E-state index is 10.1. The van der Waals surface area contributed by atoms with E-state index in [-0.39, 0.29) is 0 Å². The van der Waals surface area contributed by atoms with E-state index in [1.807, 2.05) is 37.4 Å². The zero-order valence-electron chi connectivity index (χ0n) is 8.97. The van der Waals surface area contributed by atoms with Crippen molar-refractivity contribution in [2.75, 3.05) is 0 Å². The van der Waals surface area contributed by atoms with E-state index in [4.69, 9.17) is 0 Å². The van der Waals surface area contributed by atoms with Crippen LogP contribution in [0.5, 0.6) is 0 Å². The number of hydrogen-bond donors (Lipinski definition) is 1. The highest BCUT2D eigenvalue weighted by Gasteiger charge is 2.11. The Balaban J connectivity index is 2.14. The molecule has 0 aliphatic carbocycles. The molecular weight excluding hydrogens is 268 g/mol. The topological polar surface area (TPSA) is 38.0 Å². The Hall–Kier alpha value is -1.13. The zero-order valence-corrected chi connectivity index (χ0v) is 10.6. The number of aryl methyl sites for hydroxylation is 1. The van der Waals surface area contributed by atoms with Crippen LogP contribution in [0.1, 0.15) is 17.2 Å². The van der Waals surface area contributed by atoms with Gasteiger partial charge in [-0.2, -0.15) is 5.10 Å². The summed E-state index contributed by atoms with van der Waals surface area (Å²) in [5.74, 6) is 0. The summed E-state index contributed by atoms with van der Waals surface area (Å²) in [7, 11) is 0. The van der Waals surface area contributed by atoms with Gasteiger partial charge in [0.15, 0.2) is 0 Å². The van der Waals surface area contributed by atoms with Gasteiger partial charge in [-0.25, -0.2) is 0 Å². The number of nitrogens with zero attached hydrogens (tertiary/aromatic N) is 2. The van der Waals surface area contributed by atoms with Crippen molar-refractivity contribution in [3.8, 4) is 0 Å². The number of rotatable bonds is 3. The molecule has 0 aliphatic rings. The van der Waals surface area contributed by atoms with Gasteiger partial charge in [0.25, 0.3) is 0 Å². The number of aliphatic hydroxyl groups is 1. The van der Waals surface area contributed by atoms with Crippen LogP contribution in [0.4, 0.5) is 0 Å². The summed E-state index contributed by atoms with van der Waals surface area (Å²) in [5, 5.41) is 14.2. The predicted molar refractivity (Wildman–Crippen MR) is 66.1 cm³/mol. The zero-order chi connectivity index (χ0) is 11.5. The fraction of sp³-hybridized carbons (Fsp3) is 0.250. The van der Waals surface area contributed by atoms with Crippen LogP contribution in [0, 0.1) is 6.92 Å². The standard InChI is InChI=1S/C12H13BrN2O/c1-9-6-14-15(7-9)8-12(16)10-4-2-3-5-11(10)13/h2-7,12,16H,8H2,1H3. The van der Waals surface area contributed by atoms with Gasteiger partial charge in [0.2, 0.25) is 0 Å². The Morgan fingerprint density at radius 1 is 1.44 bits per heavy atom. The van der Waals surface area contributed by atoms with E-state index >= 15 is 0 Å². The quantitative estimate of drug-likeness (QED) is 0.939. The Bertz CT molecular complexity index is 481. The molecule has 0 radical (unpaired) electrons. The smallest absolute Gasteiger partial charge is 0.0996 e. The fourth-order valence-electron chi connectivity index (χ4n) is 1.59. The second-order valence-corrected chi connectivity index (χ2v) is 4.63. The maximum atomic E-state index is 10.1. The molecule has 0 amide bonds. The van der Waals surface area contributed by atoms with Crippen molar-refractivity contribution in [3.05, 3.63) is 52.3 Å². The lowest BCUT2D eigenvalue weighted by molar-refractivity contribution is 0.151. The average Bonchev–Trinajstić information content (AvgIpc) is 2.64. The summed E-state index contributed by atoms with van der Waals surface area (Å²) in [6.45, 7) is 2.45. The van der Waals surface area contributed by atoms with E-state index in [1.165, 1.54) is 0 Å². The molecule has 1 aromatic carbocycles. The lowest BCUT2D eigenvalue weighted by Gasteiger charge is -2.12. The number of benzene rings is 1. The first kappa shape index (κ1) is 11.4. The van der Waals surface area contributed by atoms with E-state index in [2.05, 4.69) is 21.0 Å². The summed E-state index contributed by atoms with van der Waals surface area (Å²) in [4.78, 5) is 0. The fourth-order valence-corrected chi connectivity index (χ4v) is 2.14. The van der Waals surface area contributed by atoms with Crippen molar-refractivity contribution < 1.29 is 5.11 Å². The minimum atomic E-state index is -0.546. The number of aromatic nitrogens is 2. The van der Waals surface area contributed by atoms with Crippen molar-refractivity contribution in [3.63, 3.8) is 0 Å². The van der Waals surface area contributed by atoms with Gasteiger partial charge >= 0.3 is 0 Å². The molecule has 0 bridgehead atoms. The second kappa shape index (κ2) is 4.80. The van der Waals surface area contributed by atoms with E-state index in [1.54, 1.807) is 10.9 Å². The van der Waals surface area contributed by atoms with Gasteiger partial charge in [0, 0.05) is 10.7 Å². The molecule has 0 aliphatic heterocycles. The van der Waals surface area contributed by atoms with Crippen LogP contribution < -0.4 is 0 Å². The van der Waals surface area contributed by atoms with Gasteiger partial charge < -0.3 is 5.11 Å². The largest absolute Gasteiger partial charge is 0.386 e. The number of aliphatic hydroxyl groups excluding tert-OH is 1. The molecule has 84 valence electrons. The van der Waals surface area contributed by atoms with E-state index in [0.717, 1.165) is 15.6 Å². The van der Waals surface area contributed by atoms with Gasteiger partial charge in [-0.05, 0) is 24.1 Å². The lowest BCUT2D eigenvalue weighted by Crippen LogP contribution is -2.09. The van der Waals surface area contributed by atoms with E-state index < -0.39 is 6.10 Å². The van der Waals surface area contributed by atoms with Crippen molar-refractivity contribution in [2.24, 2.45) is 0 Å². The molecule has 4 heteroatoms. The molecule has 1 aromatic heterocycles. The van der Waals surface area contributed by atoms with E-state index in [0.29, 0.717) is 6.54 Å². The second-order valence-electron chi connectivity index (χ2n) is 3.78. The van der Waals surface area contributed by atoms with Crippen LogP contribution in [-0.2, 0) is 6.54 Å². The molecule has 1 heterocycles. The normalized spacial score (nSPS) is 12.7. The summed E-state index contributed by atoms with van der Waals surface area (Å²) in [6, 6.07) is 7.67. The molecule has 1 N–H and O–H groups in total. The first-order valence-electron chi connectivity index (χ1n) is 5.08. The molecular formula is C12H13BrN2O. The lowest BCUT2D eigenvalue weighted by atomic mass is 10.1. The van der Waals surface area contributed by atoms with E-state index in [9.17, 15) is 5.11 Å². The van der Waals surface area contributed by atoms with Crippen LogP contribution in [0.2, 0.25) is 0 Å². The Morgan fingerprint density at radius 3 is 2.81 bits per heavy atom. The van der Waals surface area contributed by atoms with Crippen LogP contribution in [0.25, 0.3) is 0 Å². The van der Waals surface area contributed by atoms with Crippen molar-refractivity contribution in [1.82, 2.24) is 9.78 Å². The summed E-state index contributed by atoms with van der Waals surface area (Å²) >= 11 is 3.43. The van der Waals surface area contributed by atoms with Crippen molar-refractivity contribution >= 4 is 15.9 Å². The molecule has 1 unspecified atom stereocenters. The molecule has 2 aromatic rings. The third-order valence-corrected chi connectivity index (χ3v) is 3.11. The highest BCUT2D eigenvalue weighted by Crippen LogP contribution is 2.23. The first-order valence-corrected chi connectivity index (χ1v) is 5.87. The first-order chi connectivity index (χ1) is 7.66. The van der Waals surface area contributed by atoms with Crippen LogP contribution >= 0.6 is 15.9 Å². The van der Waals surface area contributed by atoms with Gasteiger partial charge in [0.05, 0.1) is 18.8 Å². The Morgan fingerprint density at radius 2 is 2.19 bits per heavy atom. The van der Waals surface area contributed by atoms with Crippen molar-refractivity contribution in [2.45, 2.75) is 19.6 Å². The Kier molecular flexibility index (Phi) is 3.41. The minimum absolute atomic E-state index is 0.469. The van der Waals surface area contributed by atoms with Gasteiger partial charge in [-0.15, -0.1) is 0 Å². The molecule has 0 saturated heterocycles. The molecule has 2 rings (SSSR count). The van der Waals surface area contributed by atoms with Crippen LogP contribution in [0.3, 0.4) is 0 Å². The molecule has 0 saturated carbocycles. The van der Waals surface area contributed by atoms with Crippen LogP contribution in [-0.4, -0.2) is 14.9 Å². The molecule has 0 fully saturated rings. The number of hydrogen-bond acceptors (Lipinski definition) is 2. The van der Waals surface area contributed by atoms with Crippen molar-refractivity contribution in [1.29, 1.82) is 0 Å². The average molecular weight is 281 g/mol. The van der Waals surface area contributed by atoms with Gasteiger partial charge in [0.1, 0.15) is 0 Å². The third kappa shape index (κ3) is 2.51. The van der Waals surface area contributed by atoms with Gasteiger partial charge in [-0.3, -0.25) is 4.68 Å². The summed E-state index contributed by atoms with van der Waals surface area (Å²) in [5.41, 5.74) is 1.98.